The smallest absolute Gasteiger partial charge is 0.323 e. The van der Waals surface area contributed by atoms with Crippen LogP contribution >= 0.6 is 23.4 Å². The van der Waals surface area contributed by atoms with E-state index in [1.54, 1.807) is 0 Å². The fourth-order valence-electron chi connectivity index (χ4n) is 0.930. The van der Waals surface area contributed by atoms with Crippen LogP contribution < -0.4 is 11.2 Å². The van der Waals surface area contributed by atoms with Crippen molar-refractivity contribution in [3.8, 4) is 0 Å². The molecule has 2 aromatic rings. The van der Waals surface area contributed by atoms with E-state index in [1.807, 2.05) is 0 Å². The maximum Gasteiger partial charge on any atom is 0.345 e. The molecule has 0 saturated heterocycles. The zero-order valence-electron chi connectivity index (χ0n) is 5.97. The Morgan fingerprint density at radius 3 is 2.69 bits per heavy atom. The molecular formula is C5H2Cl2N4O2. The van der Waals surface area contributed by atoms with Crippen molar-refractivity contribution in [3.05, 3.63) is 26.1 Å². The van der Waals surface area contributed by atoms with E-state index in [1.165, 1.54) is 0 Å². The molecule has 0 unspecified atom stereocenters. The zero-order chi connectivity index (χ0) is 9.59. The van der Waals surface area contributed by atoms with Crippen molar-refractivity contribution in [3.63, 3.8) is 0 Å². The highest BCUT2D eigenvalue weighted by Crippen LogP contribution is 2.05. The number of rotatable bonds is 0. The number of aromatic amines is 2. The molecule has 0 aromatic carbocycles. The number of imidazole rings is 1. The predicted molar refractivity (Wildman–Crippen MR) is 47.2 cm³/mol. The predicted octanol–water partition coefficient (Wildman–Crippen LogP) is 0.0682. The Hall–Kier alpha value is -1.27. The molecule has 13 heavy (non-hydrogen) atoms. The van der Waals surface area contributed by atoms with Crippen LogP contribution in [-0.2, 0) is 0 Å². The molecule has 0 aliphatic heterocycles. The average molecular weight is 221 g/mol. The monoisotopic (exact) mass is 220 g/mol. The number of aromatic nitrogens is 4. The molecule has 2 N–H and O–H groups in total. The molecule has 0 bridgehead atoms. The van der Waals surface area contributed by atoms with Gasteiger partial charge in [-0.25, -0.2) is 4.79 Å². The first-order valence-electron chi connectivity index (χ1n) is 3.16. The second-order valence-corrected chi connectivity index (χ2v) is 2.96. The van der Waals surface area contributed by atoms with E-state index in [0.717, 1.165) is 0 Å². The molecule has 0 aliphatic rings. The number of nitrogens with one attached hydrogen (secondary N) is 2. The molecule has 0 radical (unpaired) electrons. The highest BCUT2D eigenvalue weighted by molar-refractivity contribution is 6.29. The molecule has 0 aliphatic carbocycles. The summed E-state index contributed by atoms with van der Waals surface area (Å²) in [6.45, 7) is 0. The minimum absolute atomic E-state index is 0.0191. The topological polar surface area (TPSA) is 83.5 Å². The number of hydrogen-bond acceptors (Lipinski definition) is 3. The van der Waals surface area contributed by atoms with Gasteiger partial charge in [-0.15, -0.1) is 0 Å². The molecule has 2 heterocycles. The van der Waals surface area contributed by atoms with Gasteiger partial charge in [0.15, 0.2) is 11.2 Å². The summed E-state index contributed by atoms with van der Waals surface area (Å²) in [5.41, 5.74) is -1.27. The molecule has 0 atom stereocenters. The Morgan fingerprint density at radius 2 is 2.00 bits per heavy atom. The van der Waals surface area contributed by atoms with Gasteiger partial charge in [-0.05, 0) is 11.6 Å². The molecule has 6 nitrogen and oxygen atoms in total. The first kappa shape index (κ1) is 8.33. The third kappa shape index (κ3) is 1.14. The maximum atomic E-state index is 11.2. The third-order valence-electron chi connectivity index (χ3n) is 1.47. The Labute approximate surface area is 80.2 Å². The lowest BCUT2D eigenvalue weighted by atomic mass is 10.5. The highest BCUT2D eigenvalue weighted by Gasteiger charge is 2.09. The quantitative estimate of drug-likeness (QED) is 0.617. The lowest BCUT2D eigenvalue weighted by molar-refractivity contribution is 0.994. The van der Waals surface area contributed by atoms with E-state index in [2.05, 4.69) is 15.0 Å². The SMILES string of the molecule is O=c1[nH]c2nc(Cl)[nH]c2c(=O)n1Cl. The Balaban J connectivity index is 3.10. The number of hydrogen-bond donors (Lipinski definition) is 2. The molecule has 0 amide bonds. The minimum atomic E-state index is -0.748. The molecule has 0 spiro atoms. The van der Waals surface area contributed by atoms with Gasteiger partial charge in [0, 0.05) is 11.8 Å². The Bertz CT molecular complexity index is 580. The summed E-state index contributed by atoms with van der Waals surface area (Å²) >= 11 is 10.8. The standard InChI is InChI=1S/C5H2Cl2N4O2/c6-4-8-1-2(9-4)10-5(13)11(7)3(1)12/h(H,8,9)(H,10,13). The van der Waals surface area contributed by atoms with Crippen molar-refractivity contribution < 1.29 is 0 Å². The fourth-order valence-corrected chi connectivity index (χ4v) is 1.24. The summed E-state index contributed by atoms with van der Waals surface area (Å²) in [6.07, 6.45) is 0. The lowest BCUT2D eigenvalue weighted by Crippen LogP contribution is -2.29. The average Bonchev–Trinajstić information content (AvgIpc) is 2.42. The van der Waals surface area contributed by atoms with Gasteiger partial charge in [-0.2, -0.15) is 9.07 Å². The maximum absolute atomic E-state index is 11.2. The first-order valence-corrected chi connectivity index (χ1v) is 3.88. The molecule has 0 fully saturated rings. The van der Waals surface area contributed by atoms with Crippen molar-refractivity contribution in [1.82, 2.24) is 19.0 Å². The first-order chi connectivity index (χ1) is 6.09. The van der Waals surface area contributed by atoms with Crippen molar-refractivity contribution in [2.75, 3.05) is 0 Å². The molecule has 0 saturated carbocycles. The second kappa shape index (κ2) is 2.61. The van der Waals surface area contributed by atoms with Crippen molar-refractivity contribution in [1.29, 1.82) is 0 Å². The fraction of sp³-hybridized carbons (Fsp3) is 0. The number of fused-ring (bicyclic) bond motifs is 1. The van der Waals surface area contributed by atoms with Crippen LogP contribution in [0, 0.1) is 0 Å². The van der Waals surface area contributed by atoms with E-state index < -0.39 is 11.2 Å². The number of H-pyrrole nitrogens is 2. The van der Waals surface area contributed by atoms with Crippen LogP contribution in [0.25, 0.3) is 11.2 Å². The highest BCUT2D eigenvalue weighted by atomic mass is 35.5. The summed E-state index contributed by atoms with van der Waals surface area (Å²) in [6, 6.07) is 0. The van der Waals surface area contributed by atoms with Gasteiger partial charge in [0.05, 0.1) is 0 Å². The van der Waals surface area contributed by atoms with Crippen molar-refractivity contribution >= 4 is 34.5 Å². The van der Waals surface area contributed by atoms with Crippen LogP contribution in [0.4, 0.5) is 0 Å². The van der Waals surface area contributed by atoms with Crippen LogP contribution in [0.3, 0.4) is 0 Å². The summed E-state index contributed by atoms with van der Waals surface area (Å²) in [4.78, 5) is 30.6. The van der Waals surface area contributed by atoms with E-state index in [-0.39, 0.29) is 16.4 Å². The van der Waals surface area contributed by atoms with E-state index >= 15 is 0 Å². The number of nitrogens with zero attached hydrogens (tertiary/aromatic N) is 2. The molecule has 8 heteroatoms. The van der Waals surface area contributed by atoms with Crippen LogP contribution in [-0.4, -0.2) is 19.0 Å². The van der Waals surface area contributed by atoms with E-state index in [4.69, 9.17) is 23.4 Å². The van der Waals surface area contributed by atoms with Gasteiger partial charge in [0.1, 0.15) is 0 Å². The summed E-state index contributed by atoms with van der Waals surface area (Å²) in [5, 5.41) is 0.0191. The molecule has 68 valence electrons. The van der Waals surface area contributed by atoms with E-state index in [0.29, 0.717) is 4.09 Å². The van der Waals surface area contributed by atoms with Gasteiger partial charge in [0.2, 0.25) is 5.28 Å². The van der Waals surface area contributed by atoms with Gasteiger partial charge >= 0.3 is 5.69 Å². The van der Waals surface area contributed by atoms with Gasteiger partial charge < -0.3 is 4.98 Å². The second-order valence-electron chi connectivity index (χ2n) is 2.27. The van der Waals surface area contributed by atoms with Gasteiger partial charge in [-0.3, -0.25) is 9.78 Å². The zero-order valence-corrected chi connectivity index (χ0v) is 7.48. The lowest BCUT2D eigenvalue weighted by Gasteiger charge is -1.90. The molecular weight excluding hydrogens is 219 g/mol. The Morgan fingerprint density at radius 1 is 1.31 bits per heavy atom. The molecule has 2 aromatic heterocycles. The minimum Gasteiger partial charge on any atom is -0.323 e. The largest absolute Gasteiger partial charge is 0.345 e. The van der Waals surface area contributed by atoms with Crippen LogP contribution in [0.1, 0.15) is 0 Å². The molecule has 2 rings (SSSR count). The van der Waals surface area contributed by atoms with Crippen molar-refractivity contribution in [2.45, 2.75) is 0 Å². The van der Waals surface area contributed by atoms with Crippen LogP contribution in [0.5, 0.6) is 0 Å². The summed E-state index contributed by atoms with van der Waals surface area (Å²) in [5.74, 6) is 0. The van der Waals surface area contributed by atoms with Gasteiger partial charge in [0.25, 0.3) is 5.56 Å². The Kier molecular flexibility index (Phi) is 1.67. The van der Waals surface area contributed by atoms with E-state index in [9.17, 15) is 9.59 Å². The van der Waals surface area contributed by atoms with Crippen LogP contribution in [0.2, 0.25) is 5.28 Å². The van der Waals surface area contributed by atoms with Crippen molar-refractivity contribution in [2.24, 2.45) is 0 Å². The summed E-state index contributed by atoms with van der Waals surface area (Å²) in [7, 11) is 0. The third-order valence-corrected chi connectivity index (χ3v) is 1.96. The van der Waals surface area contributed by atoms with Gasteiger partial charge in [-0.1, -0.05) is 0 Å². The normalized spacial score (nSPS) is 10.9. The van der Waals surface area contributed by atoms with Crippen LogP contribution in [0.15, 0.2) is 9.59 Å². The summed E-state index contributed by atoms with van der Waals surface area (Å²) < 4.78 is 0.414. The number of halogens is 2.